The molecule has 28 heavy (non-hydrogen) atoms. The van der Waals surface area contributed by atoms with Gasteiger partial charge in [0.25, 0.3) is 5.91 Å². The summed E-state index contributed by atoms with van der Waals surface area (Å²) in [5.74, 6) is -0.146. The van der Waals surface area contributed by atoms with Crippen molar-refractivity contribution in [1.29, 1.82) is 0 Å². The molecule has 6 heteroatoms. The van der Waals surface area contributed by atoms with Crippen LogP contribution < -0.4 is 15.4 Å². The van der Waals surface area contributed by atoms with Gasteiger partial charge >= 0.3 is 0 Å². The molecule has 0 unspecified atom stereocenters. The van der Waals surface area contributed by atoms with E-state index in [9.17, 15) is 14.0 Å². The van der Waals surface area contributed by atoms with Crippen LogP contribution in [0.15, 0.2) is 72.8 Å². The zero-order valence-electron chi connectivity index (χ0n) is 15.2. The van der Waals surface area contributed by atoms with E-state index in [-0.39, 0.29) is 12.1 Å². The summed E-state index contributed by atoms with van der Waals surface area (Å²) < 4.78 is 18.8. The van der Waals surface area contributed by atoms with Crippen molar-refractivity contribution in [1.82, 2.24) is 5.32 Å². The maximum atomic E-state index is 12.9. The first-order chi connectivity index (χ1) is 13.5. The number of hydrogen-bond acceptors (Lipinski definition) is 3. The van der Waals surface area contributed by atoms with E-state index in [0.717, 1.165) is 5.56 Å². The summed E-state index contributed by atoms with van der Waals surface area (Å²) in [6.07, 6.45) is 0. The number of para-hydroxylation sites is 2. The molecule has 0 atom stereocenters. The lowest BCUT2D eigenvalue weighted by atomic mass is 10.2. The molecule has 0 bridgehead atoms. The lowest BCUT2D eigenvalue weighted by Gasteiger charge is -2.13. The van der Waals surface area contributed by atoms with Gasteiger partial charge in [-0.2, -0.15) is 0 Å². The number of hydrogen-bond donors (Lipinski definition) is 2. The van der Waals surface area contributed by atoms with Gasteiger partial charge in [-0.25, -0.2) is 4.39 Å². The fraction of sp³-hybridized carbons (Fsp3) is 0.0909. The molecular weight excluding hydrogens is 359 g/mol. The molecule has 0 aliphatic rings. The minimum Gasteiger partial charge on any atom is -0.455 e. The van der Waals surface area contributed by atoms with E-state index in [1.165, 1.54) is 24.3 Å². The van der Waals surface area contributed by atoms with Crippen molar-refractivity contribution in [3.8, 4) is 11.5 Å². The monoisotopic (exact) mass is 378 g/mol. The van der Waals surface area contributed by atoms with Gasteiger partial charge in [-0.05, 0) is 61.0 Å². The Bertz CT molecular complexity index is 987. The molecule has 3 aromatic carbocycles. The molecule has 2 amide bonds. The fourth-order valence-corrected chi connectivity index (χ4v) is 2.52. The summed E-state index contributed by atoms with van der Waals surface area (Å²) in [6.45, 7) is 1.74. The molecule has 0 radical (unpaired) electrons. The Labute approximate surface area is 162 Å². The third-order valence-electron chi connectivity index (χ3n) is 3.89. The lowest BCUT2D eigenvalue weighted by molar-refractivity contribution is -0.115. The maximum Gasteiger partial charge on any atom is 0.251 e. The number of carbonyl (C=O) groups is 2. The van der Waals surface area contributed by atoms with Gasteiger partial charge in [0.05, 0.1) is 12.2 Å². The largest absolute Gasteiger partial charge is 0.455 e. The van der Waals surface area contributed by atoms with Crippen LogP contribution in [-0.2, 0) is 4.79 Å². The van der Waals surface area contributed by atoms with Crippen LogP contribution in [-0.4, -0.2) is 18.4 Å². The van der Waals surface area contributed by atoms with Crippen LogP contribution in [0.3, 0.4) is 0 Å². The summed E-state index contributed by atoms with van der Waals surface area (Å²) in [4.78, 5) is 24.2. The summed E-state index contributed by atoms with van der Waals surface area (Å²) in [5.41, 5.74) is 1.82. The molecule has 5 nitrogen and oxygen atoms in total. The van der Waals surface area contributed by atoms with Gasteiger partial charge in [0, 0.05) is 5.56 Å². The zero-order valence-corrected chi connectivity index (χ0v) is 15.2. The molecule has 2 N–H and O–H groups in total. The van der Waals surface area contributed by atoms with E-state index in [1.807, 2.05) is 31.2 Å². The van der Waals surface area contributed by atoms with Crippen molar-refractivity contribution in [2.75, 3.05) is 11.9 Å². The Morgan fingerprint density at radius 2 is 1.71 bits per heavy atom. The molecule has 0 aliphatic carbocycles. The van der Waals surface area contributed by atoms with Crippen LogP contribution in [0.2, 0.25) is 0 Å². The van der Waals surface area contributed by atoms with Crippen LogP contribution >= 0.6 is 0 Å². The van der Waals surface area contributed by atoms with Gasteiger partial charge in [-0.3, -0.25) is 9.59 Å². The van der Waals surface area contributed by atoms with Crippen molar-refractivity contribution in [3.63, 3.8) is 0 Å². The molecule has 3 rings (SSSR count). The van der Waals surface area contributed by atoms with Gasteiger partial charge in [0.15, 0.2) is 5.75 Å². The van der Waals surface area contributed by atoms with Gasteiger partial charge in [0.2, 0.25) is 5.91 Å². The smallest absolute Gasteiger partial charge is 0.251 e. The number of amides is 2. The van der Waals surface area contributed by atoms with E-state index in [1.54, 1.807) is 24.3 Å². The second-order valence-corrected chi connectivity index (χ2v) is 6.15. The Morgan fingerprint density at radius 1 is 0.964 bits per heavy atom. The first-order valence-corrected chi connectivity index (χ1v) is 8.68. The third-order valence-corrected chi connectivity index (χ3v) is 3.89. The average molecular weight is 378 g/mol. The highest BCUT2D eigenvalue weighted by atomic mass is 19.1. The van der Waals surface area contributed by atoms with E-state index >= 15 is 0 Å². The number of benzene rings is 3. The molecule has 0 aromatic heterocycles. The Hall–Kier alpha value is -3.67. The quantitative estimate of drug-likeness (QED) is 0.672. The minimum atomic E-state index is -0.459. The topological polar surface area (TPSA) is 67.4 Å². The van der Waals surface area contributed by atoms with Gasteiger partial charge in [-0.15, -0.1) is 0 Å². The standard InChI is InChI=1S/C22H19FN2O3/c1-15-5-4-6-18(13-15)28-20-8-3-2-7-19(20)25-21(26)14-24-22(27)16-9-11-17(23)12-10-16/h2-13H,14H2,1H3,(H,24,27)(H,25,26). The third kappa shape index (κ3) is 5.17. The minimum absolute atomic E-state index is 0.227. The number of aryl methyl sites for hydroxylation is 1. The van der Waals surface area contributed by atoms with Crippen LogP contribution in [0.1, 0.15) is 15.9 Å². The van der Waals surface area contributed by atoms with Crippen LogP contribution in [0.4, 0.5) is 10.1 Å². The van der Waals surface area contributed by atoms with Gasteiger partial charge in [0.1, 0.15) is 11.6 Å². The van der Waals surface area contributed by atoms with E-state index in [0.29, 0.717) is 17.2 Å². The molecule has 0 fully saturated rings. The van der Waals surface area contributed by atoms with Gasteiger partial charge < -0.3 is 15.4 Å². The van der Waals surface area contributed by atoms with E-state index in [4.69, 9.17) is 4.74 Å². The highest BCUT2D eigenvalue weighted by molar-refractivity contribution is 5.99. The zero-order chi connectivity index (χ0) is 19.9. The molecular formula is C22H19FN2O3. The fourth-order valence-electron chi connectivity index (χ4n) is 2.52. The summed E-state index contributed by atoms with van der Waals surface area (Å²) in [5, 5.41) is 5.22. The van der Waals surface area contributed by atoms with Crippen LogP contribution in [0.5, 0.6) is 11.5 Å². The van der Waals surface area contributed by atoms with Crippen LogP contribution in [0.25, 0.3) is 0 Å². The number of halogens is 1. The SMILES string of the molecule is Cc1cccc(Oc2ccccc2NC(=O)CNC(=O)c2ccc(F)cc2)c1. The molecule has 142 valence electrons. The maximum absolute atomic E-state index is 12.9. The lowest BCUT2D eigenvalue weighted by Crippen LogP contribution is -2.32. The Kier molecular flexibility index (Phi) is 6.01. The van der Waals surface area contributed by atoms with Gasteiger partial charge in [-0.1, -0.05) is 24.3 Å². The molecule has 3 aromatic rings. The second-order valence-electron chi connectivity index (χ2n) is 6.15. The van der Waals surface area contributed by atoms with Crippen molar-refractivity contribution < 1.29 is 18.7 Å². The molecule has 0 saturated heterocycles. The number of nitrogens with one attached hydrogen (secondary N) is 2. The molecule has 0 saturated carbocycles. The van der Waals surface area contributed by atoms with E-state index < -0.39 is 17.6 Å². The number of rotatable bonds is 6. The van der Waals surface area contributed by atoms with E-state index in [2.05, 4.69) is 10.6 Å². The first-order valence-electron chi connectivity index (χ1n) is 8.68. The molecule has 0 spiro atoms. The number of carbonyl (C=O) groups excluding carboxylic acids is 2. The Morgan fingerprint density at radius 3 is 2.46 bits per heavy atom. The van der Waals surface area contributed by atoms with Crippen LogP contribution in [0, 0.1) is 12.7 Å². The highest BCUT2D eigenvalue weighted by Gasteiger charge is 2.11. The number of anilines is 1. The molecule has 0 heterocycles. The van der Waals surface area contributed by atoms with Crippen molar-refractivity contribution >= 4 is 17.5 Å². The predicted octanol–water partition coefficient (Wildman–Crippen LogP) is 4.29. The van der Waals surface area contributed by atoms with Crippen molar-refractivity contribution in [2.24, 2.45) is 0 Å². The highest BCUT2D eigenvalue weighted by Crippen LogP contribution is 2.29. The number of ether oxygens (including phenoxy) is 1. The summed E-state index contributed by atoms with van der Waals surface area (Å²) in [7, 11) is 0. The first kappa shape index (κ1) is 19.1. The summed E-state index contributed by atoms with van der Waals surface area (Å²) in [6, 6.07) is 19.7. The van der Waals surface area contributed by atoms with Crippen molar-refractivity contribution in [3.05, 3.63) is 89.7 Å². The van der Waals surface area contributed by atoms with Crippen molar-refractivity contribution in [2.45, 2.75) is 6.92 Å². The average Bonchev–Trinajstić information content (AvgIpc) is 2.68. The second kappa shape index (κ2) is 8.81. The summed E-state index contributed by atoms with van der Waals surface area (Å²) >= 11 is 0. The molecule has 0 aliphatic heterocycles. The Balaban J connectivity index is 1.61. The predicted molar refractivity (Wildman–Crippen MR) is 105 cm³/mol. The normalized spacial score (nSPS) is 10.2.